The maximum absolute atomic E-state index is 14.9. The second-order valence-corrected chi connectivity index (χ2v) is 7.60. The van der Waals surface area contributed by atoms with Crippen molar-refractivity contribution in [1.29, 1.82) is 0 Å². The highest BCUT2D eigenvalue weighted by Gasteiger charge is 2.47. The van der Waals surface area contributed by atoms with Crippen LogP contribution in [-0.4, -0.2) is 30.7 Å². The minimum absolute atomic E-state index is 0.120. The second-order valence-electron chi connectivity index (χ2n) is 7.60. The molecule has 1 spiro atoms. The molecular formula is C22H22F4O4. The third-order valence-electron chi connectivity index (χ3n) is 5.87. The first-order valence-corrected chi connectivity index (χ1v) is 9.90. The zero-order valence-electron chi connectivity index (χ0n) is 16.4. The Bertz CT molecular complexity index is 947. The SMILES string of the molecule is CCOc1ccc(-c2ccc(C3(O)CCC4(CC3)OCCO4)c(F)c2F)c(F)c1F. The van der Waals surface area contributed by atoms with E-state index in [1.807, 2.05) is 0 Å². The molecule has 1 N–H and O–H groups in total. The monoisotopic (exact) mass is 426 g/mol. The molecule has 1 saturated heterocycles. The minimum Gasteiger partial charge on any atom is -0.491 e. The first-order chi connectivity index (χ1) is 14.3. The fourth-order valence-electron chi connectivity index (χ4n) is 4.22. The van der Waals surface area contributed by atoms with Gasteiger partial charge in [0.05, 0.1) is 25.4 Å². The average Bonchev–Trinajstić information content (AvgIpc) is 3.19. The molecule has 0 radical (unpaired) electrons. The summed E-state index contributed by atoms with van der Waals surface area (Å²) < 4.78 is 74.6. The molecule has 1 aliphatic carbocycles. The number of rotatable bonds is 4. The van der Waals surface area contributed by atoms with Gasteiger partial charge in [0.1, 0.15) is 0 Å². The summed E-state index contributed by atoms with van der Waals surface area (Å²) in [5, 5.41) is 11.0. The van der Waals surface area contributed by atoms with Crippen LogP contribution in [0.2, 0.25) is 0 Å². The van der Waals surface area contributed by atoms with Gasteiger partial charge < -0.3 is 19.3 Å². The topological polar surface area (TPSA) is 47.9 Å². The van der Waals surface area contributed by atoms with E-state index in [2.05, 4.69) is 0 Å². The van der Waals surface area contributed by atoms with E-state index in [0.717, 1.165) is 18.2 Å². The highest BCUT2D eigenvalue weighted by Crippen LogP contribution is 2.46. The van der Waals surface area contributed by atoms with E-state index in [4.69, 9.17) is 14.2 Å². The summed E-state index contributed by atoms with van der Waals surface area (Å²) in [6.07, 6.45) is 0.916. The molecule has 0 bridgehead atoms. The van der Waals surface area contributed by atoms with Crippen molar-refractivity contribution in [2.24, 2.45) is 0 Å². The fourth-order valence-corrected chi connectivity index (χ4v) is 4.22. The number of hydrogen-bond acceptors (Lipinski definition) is 4. The van der Waals surface area contributed by atoms with Crippen LogP contribution in [0.5, 0.6) is 5.75 Å². The molecule has 1 aliphatic heterocycles. The highest BCUT2D eigenvalue weighted by molar-refractivity contribution is 5.67. The standard InChI is InChI=1S/C22H22F4O4/c1-2-28-16-6-4-14(18(24)20(16)26)13-3-5-15(19(25)17(13)23)21(27)7-9-22(10-8-21)29-11-12-30-22/h3-6,27H,2,7-12H2,1H3. The smallest absolute Gasteiger partial charge is 0.201 e. The van der Waals surface area contributed by atoms with Gasteiger partial charge in [-0.25, -0.2) is 13.2 Å². The normalized spacial score (nSPS) is 19.9. The second kappa shape index (κ2) is 7.83. The molecule has 2 aliphatic rings. The lowest BCUT2D eigenvalue weighted by Crippen LogP contribution is -2.42. The summed E-state index contributed by atoms with van der Waals surface area (Å²) in [6.45, 7) is 2.66. The van der Waals surface area contributed by atoms with Gasteiger partial charge in [0.15, 0.2) is 29.0 Å². The van der Waals surface area contributed by atoms with E-state index in [-0.39, 0.29) is 30.8 Å². The molecule has 2 aromatic rings. The van der Waals surface area contributed by atoms with Crippen molar-refractivity contribution < 1.29 is 36.9 Å². The summed E-state index contributed by atoms with van der Waals surface area (Å²) in [5.74, 6) is -6.32. The molecule has 0 aromatic heterocycles. The van der Waals surface area contributed by atoms with Crippen LogP contribution in [-0.2, 0) is 15.1 Å². The van der Waals surface area contributed by atoms with Crippen LogP contribution < -0.4 is 4.74 Å². The van der Waals surface area contributed by atoms with Gasteiger partial charge >= 0.3 is 0 Å². The Labute approximate surface area is 171 Å². The Morgan fingerprint density at radius 1 is 0.833 bits per heavy atom. The van der Waals surface area contributed by atoms with E-state index in [0.29, 0.717) is 26.1 Å². The van der Waals surface area contributed by atoms with Crippen LogP contribution in [0.4, 0.5) is 17.6 Å². The van der Waals surface area contributed by atoms with Gasteiger partial charge in [0.25, 0.3) is 0 Å². The summed E-state index contributed by atoms with van der Waals surface area (Å²) in [7, 11) is 0. The summed E-state index contributed by atoms with van der Waals surface area (Å²) in [5.41, 5.74) is -2.69. The van der Waals surface area contributed by atoms with Crippen LogP contribution in [0.1, 0.15) is 38.2 Å². The van der Waals surface area contributed by atoms with E-state index in [1.54, 1.807) is 6.92 Å². The van der Waals surface area contributed by atoms with E-state index in [1.165, 1.54) is 6.07 Å². The molecular weight excluding hydrogens is 404 g/mol. The largest absolute Gasteiger partial charge is 0.491 e. The molecule has 4 rings (SSSR count). The maximum atomic E-state index is 14.9. The lowest BCUT2D eigenvalue weighted by molar-refractivity contribution is -0.204. The van der Waals surface area contributed by atoms with Crippen molar-refractivity contribution in [3.63, 3.8) is 0 Å². The molecule has 30 heavy (non-hydrogen) atoms. The Morgan fingerprint density at radius 2 is 1.40 bits per heavy atom. The van der Waals surface area contributed by atoms with Crippen LogP contribution in [0, 0.1) is 23.3 Å². The number of benzene rings is 2. The van der Waals surface area contributed by atoms with Gasteiger partial charge in [-0.15, -0.1) is 0 Å². The number of ether oxygens (including phenoxy) is 3. The Balaban J connectivity index is 1.66. The van der Waals surface area contributed by atoms with Crippen LogP contribution >= 0.6 is 0 Å². The van der Waals surface area contributed by atoms with Crippen LogP contribution in [0.25, 0.3) is 11.1 Å². The van der Waals surface area contributed by atoms with Gasteiger partial charge in [-0.05, 0) is 31.9 Å². The fraction of sp³-hybridized carbons (Fsp3) is 0.455. The molecule has 0 atom stereocenters. The van der Waals surface area contributed by atoms with Crippen LogP contribution in [0.3, 0.4) is 0 Å². The van der Waals surface area contributed by atoms with Crippen LogP contribution in [0.15, 0.2) is 24.3 Å². The molecule has 2 aromatic carbocycles. The van der Waals surface area contributed by atoms with Crippen molar-refractivity contribution in [1.82, 2.24) is 0 Å². The summed E-state index contributed by atoms with van der Waals surface area (Å²) in [4.78, 5) is 0. The quantitative estimate of drug-likeness (QED) is 0.713. The van der Waals surface area contributed by atoms with Crippen molar-refractivity contribution in [2.45, 2.75) is 44.0 Å². The third kappa shape index (κ3) is 3.46. The summed E-state index contributed by atoms with van der Waals surface area (Å²) in [6, 6.07) is 4.67. The van der Waals surface area contributed by atoms with E-state index in [9.17, 15) is 22.7 Å². The molecule has 162 valence electrons. The van der Waals surface area contributed by atoms with Crippen molar-refractivity contribution in [3.8, 4) is 16.9 Å². The maximum Gasteiger partial charge on any atom is 0.201 e. The first kappa shape index (κ1) is 21.1. The Hall–Kier alpha value is -2.16. The number of hydrogen-bond donors (Lipinski definition) is 1. The number of aliphatic hydroxyl groups is 1. The van der Waals surface area contributed by atoms with Crippen molar-refractivity contribution in [3.05, 3.63) is 53.1 Å². The minimum atomic E-state index is -1.60. The van der Waals surface area contributed by atoms with Gasteiger partial charge in [-0.3, -0.25) is 0 Å². The predicted molar refractivity (Wildman–Crippen MR) is 99.9 cm³/mol. The van der Waals surface area contributed by atoms with E-state index >= 15 is 0 Å². The van der Waals surface area contributed by atoms with E-state index < -0.39 is 45.8 Å². The molecule has 4 nitrogen and oxygen atoms in total. The lowest BCUT2D eigenvalue weighted by Gasteiger charge is -2.41. The van der Waals surface area contributed by atoms with Crippen molar-refractivity contribution in [2.75, 3.05) is 19.8 Å². The van der Waals surface area contributed by atoms with Gasteiger partial charge in [-0.1, -0.05) is 12.1 Å². The average molecular weight is 426 g/mol. The number of halogens is 4. The molecule has 1 saturated carbocycles. The molecule has 0 unspecified atom stereocenters. The molecule has 2 fully saturated rings. The molecule has 0 amide bonds. The van der Waals surface area contributed by atoms with Gasteiger partial charge in [0.2, 0.25) is 5.82 Å². The lowest BCUT2D eigenvalue weighted by atomic mass is 9.76. The van der Waals surface area contributed by atoms with Gasteiger partial charge in [0, 0.05) is 29.5 Å². The molecule has 1 heterocycles. The zero-order valence-corrected chi connectivity index (χ0v) is 16.4. The molecule has 8 heteroatoms. The van der Waals surface area contributed by atoms with Crippen molar-refractivity contribution >= 4 is 0 Å². The summed E-state index contributed by atoms with van der Waals surface area (Å²) >= 11 is 0. The Kier molecular flexibility index (Phi) is 5.50. The third-order valence-corrected chi connectivity index (χ3v) is 5.87. The Morgan fingerprint density at radius 3 is 2.00 bits per heavy atom. The highest BCUT2D eigenvalue weighted by atomic mass is 19.2. The first-order valence-electron chi connectivity index (χ1n) is 9.90. The van der Waals surface area contributed by atoms with Gasteiger partial charge in [-0.2, -0.15) is 4.39 Å². The zero-order chi connectivity index (χ0) is 21.5. The predicted octanol–water partition coefficient (Wildman–Crippen LogP) is 4.81.